The van der Waals surface area contributed by atoms with Crippen LogP contribution in [-0.4, -0.2) is 22.4 Å². The molecule has 0 bridgehead atoms. The molecule has 0 aliphatic carbocycles. The smallest absolute Gasteiger partial charge is 0.408 e. The largest absolute Gasteiger partial charge is 0.420 e. The van der Waals surface area contributed by atoms with Crippen LogP contribution in [0.1, 0.15) is 5.56 Å². The highest BCUT2D eigenvalue weighted by Gasteiger charge is 2.15. The summed E-state index contributed by atoms with van der Waals surface area (Å²) in [6.45, 7) is 0.358. The van der Waals surface area contributed by atoms with Gasteiger partial charge in [-0.25, -0.2) is 4.79 Å². The van der Waals surface area contributed by atoms with Crippen molar-refractivity contribution < 1.29 is 9.21 Å². The van der Waals surface area contributed by atoms with E-state index in [-0.39, 0.29) is 12.5 Å². The van der Waals surface area contributed by atoms with Gasteiger partial charge in [0.1, 0.15) is 6.54 Å². The third-order valence-corrected chi connectivity index (χ3v) is 3.84. The lowest BCUT2D eigenvalue weighted by Crippen LogP contribution is -2.32. The van der Waals surface area contributed by atoms with E-state index in [0.29, 0.717) is 22.7 Å². The first-order valence-electron chi connectivity index (χ1n) is 7.11. The van der Waals surface area contributed by atoms with Crippen LogP contribution in [-0.2, 0) is 17.9 Å². The number of likely N-dealkylation sites (N-methyl/N-ethyl adjacent to an activating group) is 1. The summed E-state index contributed by atoms with van der Waals surface area (Å²) in [6.07, 6.45) is 0. The predicted molar refractivity (Wildman–Crippen MR) is 88.4 cm³/mol. The second-order valence-corrected chi connectivity index (χ2v) is 5.74. The summed E-state index contributed by atoms with van der Waals surface area (Å²) in [5.74, 6) is -0.714. The number of halogens is 1. The zero-order valence-corrected chi connectivity index (χ0v) is 13.3. The average molecular weight is 331 g/mol. The summed E-state index contributed by atoms with van der Waals surface area (Å²) in [7, 11) is 1.69. The van der Waals surface area contributed by atoms with Crippen molar-refractivity contribution in [3.8, 4) is 0 Å². The summed E-state index contributed by atoms with van der Waals surface area (Å²) in [6, 6.07) is 14.4. The Labute approximate surface area is 137 Å². The number of carbonyl (C=O) groups excluding carboxylic acids is 1. The standard InChI is InChI=1S/C17H15ClN2O3/c1-19(10-12-5-4-6-13(18)9-12)16(21)11-20-14-7-2-3-8-15(14)23-17(20)22/h2-9H,10-11H2,1H3. The van der Waals surface area contributed by atoms with Gasteiger partial charge in [-0.05, 0) is 29.8 Å². The Balaban J connectivity index is 1.78. The van der Waals surface area contributed by atoms with Crippen LogP contribution >= 0.6 is 11.6 Å². The zero-order chi connectivity index (χ0) is 16.4. The van der Waals surface area contributed by atoms with Gasteiger partial charge in [-0.3, -0.25) is 9.36 Å². The summed E-state index contributed by atoms with van der Waals surface area (Å²) < 4.78 is 6.47. The summed E-state index contributed by atoms with van der Waals surface area (Å²) in [5.41, 5.74) is 2.02. The lowest BCUT2D eigenvalue weighted by Gasteiger charge is -2.17. The fraction of sp³-hybridized carbons (Fsp3) is 0.176. The van der Waals surface area contributed by atoms with Crippen LogP contribution in [0, 0.1) is 0 Å². The molecule has 0 spiro atoms. The molecule has 0 N–H and O–H groups in total. The van der Waals surface area contributed by atoms with Gasteiger partial charge in [0, 0.05) is 18.6 Å². The quantitative estimate of drug-likeness (QED) is 0.739. The number of fused-ring (bicyclic) bond motifs is 1. The number of hydrogen-bond donors (Lipinski definition) is 0. The SMILES string of the molecule is CN(Cc1cccc(Cl)c1)C(=O)Cn1c(=O)oc2ccccc21. The molecule has 1 aromatic heterocycles. The van der Waals surface area contributed by atoms with Crippen LogP contribution in [0.5, 0.6) is 0 Å². The van der Waals surface area contributed by atoms with Crippen LogP contribution in [0.25, 0.3) is 11.1 Å². The molecule has 2 aromatic carbocycles. The molecule has 0 atom stereocenters. The zero-order valence-electron chi connectivity index (χ0n) is 12.5. The number of benzene rings is 2. The molecule has 3 rings (SSSR count). The topological polar surface area (TPSA) is 55.5 Å². The Hall–Kier alpha value is -2.53. The van der Waals surface area contributed by atoms with E-state index in [4.69, 9.17) is 16.0 Å². The van der Waals surface area contributed by atoms with Gasteiger partial charge < -0.3 is 9.32 Å². The molecule has 0 saturated heterocycles. The van der Waals surface area contributed by atoms with Crippen LogP contribution in [0.2, 0.25) is 5.02 Å². The van der Waals surface area contributed by atoms with Crippen molar-refractivity contribution >= 4 is 28.6 Å². The van der Waals surface area contributed by atoms with Gasteiger partial charge in [0.05, 0.1) is 5.52 Å². The van der Waals surface area contributed by atoms with E-state index in [1.807, 2.05) is 18.2 Å². The first-order valence-corrected chi connectivity index (χ1v) is 7.49. The minimum Gasteiger partial charge on any atom is -0.408 e. The van der Waals surface area contributed by atoms with Gasteiger partial charge in [0.15, 0.2) is 5.58 Å². The Morgan fingerprint density at radius 1 is 1.22 bits per heavy atom. The average Bonchev–Trinajstić information content (AvgIpc) is 2.83. The second-order valence-electron chi connectivity index (χ2n) is 5.30. The van der Waals surface area contributed by atoms with Gasteiger partial charge in [-0.15, -0.1) is 0 Å². The molecule has 5 nitrogen and oxygen atoms in total. The highest BCUT2D eigenvalue weighted by atomic mass is 35.5. The van der Waals surface area contributed by atoms with Crippen molar-refractivity contribution in [3.05, 3.63) is 69.7 Å². The van der Waals surface area contributed by atoms with Gasteiger partial charge in [0.2, 0.25) is 5.91 Å². The number of para-hydroxylation sites is 2. The number of aromatic nitrogens is 1. The molecule has 0 aliphatic rings. The minimum atomic E-state index is -0.532. The maximum Gasteiger partial charge on any atom is 0.420 e. The first kappa shape index (κ1) is 15.4. The number of carbonyl (C=O) groups is 1. The van der Waals surface area contributed by atoms with E-state index < -0.39 is 5.76 Å². The first-order chi connectivity index (χ1) is 11.0. The lowest BCUT2D eigenvalue weighted by atomic mass is 10.2. The Bertz CT molecular complexity index is 913. The molecule has 1 amide bonds. The van der Waals surface area contributed by atoms with E-state index >= 15 is 0 Å². The van der Waals surface area contributed by atoms with E-state index in [1.54, 1.807) is 42.3 Å². The monoisotopic (exact) mass is 330 g/mol. The number of oxazole rings is 1. The van der Waals surface area contributed by atoms with E-state index in [1.165, 1.54) is 4.57 Å². The summed E-state index contributed by atoms with van der Waals surface area (Å²) >= 11 is 5.95. The molecule has 0 saturated carbocycles. The summed E-state index contributed by atoms with van der Waals surface area (Å²) in [5, 5.41) is 0.625. The van der Waals surface area contributed by atoms with Crippen LogP contribution in [0.3, 0.4) is 0 Å². The molecule has 0 radical (unpaired) electrons. The van der Waals surface area contributed by atoms with E-state index in [0.717, 1.165) is 5.56 Å². The van der Waals surface area contributed by atoms with Crippen molar-refractivity contribution in [3.63, 3.8) is 0 Å². The molecule has 6 heteroatoms. The van der Waals surface area contributed by atoms with Crippen LogP contribution < -0.4 is 5.76 Å². The normalized spacial score (nSPS) is 10.9. The van der Waals surface area contributed by atoms with Crippen LogP contribution in [0.4, 0.5) is 0 Å². The Kier molecular flexibility index (Phi) is 4.21. The summed E-state index contributed by atoms with van der Waals surface area (Å²) in [4.78, 5) is 25.9. The highest BCUT2D eigenvalue weighted by molar-refractivity contribution is 6.30. The number of nitrogens with zero attached hydrogens (tertiary/aromatic N) is 2. The second kappa shape index (κ2) is 6.30. The maximum atomic E-state index is 12.4. The molecule has 118 valence electrons. The van der Waals surface area contributed by atoms with Crippen LogP contribution in [0.15, 0.2) is 57.7 Å². The maximum absolute atomic E-state index is 12.4. The fourth-order valence-electron chi connectivity index (χ4n) is 2.42. The Morgan fingerprint density at radius 2 is 2.00 bits per heavy atom. The van der Waals surface area contributed by atoms with E-state index in [9.17, 15) is 9.59 Å². The number of amides is 1. The number of hydrogen-bond acceptors (Lipinski definition) is 3. The predicted octanol–water partition coefficient (Wildman–Crippen LogP) is 2.91. The van der Waals surface area contributed by atoms with Crippen molar-refractivity contribution in [2.45, 2.75) is 13.1 Å². The molecular formula is C17H15ClN2O3. The molecule has 23 heavy (non-hydrogen) atoms. The van der Waals surface area contributed by atoms with Crippen molar-refractivity contribution in [2.24, 2.45) is 0 Å². The number of rotatable bonds is 4. The molecule has 0 unspecified atom stereocenters. The van der Waals surface area contributed by atoms with Gasteiger partial charge >= 0.3 is 5.76 Å². The minimum absolute atomic E-state index is 0.0626. The van der Waals surface area contributed by atoms with Crippen molar-refractivity contribution in [1.82, 2.24) is 9.47 Å². The van der Waals surface area contributed by atoms with Gasteiger partial charge in [-0.1, -0.05) is 35.9 Å². The molecule has 0 aliphatic heterocycles. The highest BCUT2D eigenvalue weighted by Crippen LogP contribution is 2.14. The fourth-order valence-corrected chi connectivity index (χ4v) is 2.63. The lowest BCUT2D eigenvalue weighted by molar-refractivity contribution is -0.131. The third-order valence-electron chi connectivity index (χ3n) is 3.60. The molecular weight excluding hydrogens is 316 g/mol. The van der Waals surface area contributed by atoms with Gasteiger partial charge in [0.25, 0.3) is 0 Å². The van der Waals surface area contributed by atoms with Crippen molar-refractivity contribution in [1.29, 1.82) is 0 Å². The van der Waals surface area contributed by atoms with E-state index in [2.05, 4.69) is 0 Å². The molecule has 1 heterocycles. The van der Waals surface area contributed by atoms with Gasteiger partial charge in [-0.2, -0.15) is 0 Å². The third kappa shape index (κ3) is 3.29. The molecule has 3 aromatic rings. The van der Waals surface area contributed by atoms with Crippen molar-refractivity contribution in [2.75, 3.05) is 7.05 Å². The Morgan fingerprint density at radius 3 is 2.78 bits per heavy atom. The molecule has 0 fully saturated rings.